The number of carboxylic acid groups (broad SMARTS) is 1. The van der Waals surface area contributed by atoms with Crippen molar-refractivity contribution in [1.29, 1.82) is 0 Å². The van der Waals surface area contributed by atoms with E-state index in [1.807, 2.05) is 0 Å². The Hall–Kier alpha value is -1.88. The summed E-state index contributed by atoms with van der Waals surface area (Å²) in [5.41, 5.74) is 1.19. The first-order valence-corrected chi connectivity index (χ1v) is 5.26. The molecular formula is C12H15NO4. The maximum atomic E-state index is 11.4. The number of ether oxygens (including phenoxy) is 1. The molecule has 5 heteroatoms. The lowest BCUT2D eigenvalue weighted by Gasteiger charge is -2.09. The molecule has 0 atom stereocenters. The highest BCUT2D eigenvalue weighted by Gasteiger charge is 2.12. The van der Waals surface area contributed by atoms with Crippen molar-refractivity contribution in [2.75, 3.05) is 18.5 Å². The smallest absolute Gasteiger partial charge is 0.337 e. The Morgan fingerprint density at radius 2 is 2.12 bits per heavy atom. The zero-order valence-corrected chi connectivity index (χ0v) is 9.82. The molecule has 1 amide bonds. The summed E-state index contributed by atoms with van der Waals surface area (Å²) in [5.74, 6) is -1.43. The Bertz CT molecular complexity index is 429. The highest BCUT2D eigenvalue weighted by Crippen LogP contribution is 2.17. The van der Waals surface area contributed by atoms with E-state index >= 15 is 0 Å². The molecule has 0 saturated carbocycles. The Kier molecular flexibility index (Phi) is 4.66. The van der Waals surface area contributed by atoms with Gasteiger partial charge >= 0.3 is 5.97 Å². The Morgan fingerprint density at radius 3 is 2.71 bits per heavy atom. The summed E-state index contributed by atoms with van der Waals surface area (Å²) in [4.78, 5) is 22.4. The second-order valence-electron chi connectivity index (χ2n) is 3.54. The van der Waals surface area contributed by atoms with Crippen molar-refractivity contribution in [3.8, 4) is 0 Å². The Morgan fingerprint density at radius 1 is 1.41 bits per heavy atom. The van der Waals surface area contributed by atoms with E-state index in [-0.39, 0.29) is 23.8 Å². The molecule has 0 unspecified atom stereocenters. The van der Waals surface area contributed by atoms with Gasteiger partial charge in [-0.3, -0.25) is 4.79 Å². The molecule has 2 N–H and O–H groups in total. The molecule has 0 spiro atoms. The zero-order chi connectivity index (χ0) is 12.8. The molecule has 92 valence electrons. The number of carbonyl (C=O) groups is 2. The van der Waals surface area contributed by atoms with Gasteiger partial charge in [0.1, 0.15) is 6.61 Å². The number of carbonyl (C=O) groups excluding carboxylic acids is 1. The summed E-state index contributed by atoms with van der Waals surface area (Å²) in [6.45, 7) is 3.93. The van der Waals surface area contributed by atoms with Crippen LogP contribution >= 0.6 is 0 Å². The molecule has 5 nitrogen and oxygen atoms in total. The van der Waals surface area contributed by atoms with Gasteiger partial charge in [-0.15, -0.1) is 0 Å². The largest absolute Gasteiger partial charge is 0.478 e. The first-order chi connectivity index (χ1) is 8.04. The third-order valence-corrected chi connectivity index (χ3v) is 2.12. The van der Waals surface area contributed by atoms with Crippen molar-refractivity contribution >= 4 is 17.6 Å². The van der Waals surface area contributed by atoms with E-state index in [9.17, 15) is 9.59 Å². The van der Waals surface area contributed by atoms with Crippen LogP contribution in [0.3, 0.4) is 0 Å². The number of hydrogen-bond donors (Lipinski definition) is 2. The molecule has 0 bridgehead atoms. The maximum Gasteiger partial charge on any atom is 0.337 e. The van der Waals surface area contributed by atoms with Gasteiger partial charge in [-0.25, -0.2) is 4.79 Å². The van der Waals surface area contributed by atoms with Crippen LogP contribution in [0, 0.1) is 6.92 Å². The molecule has 1 aromatic carbocycles. The average Bonchev–Trinajstić information content (AvgIpc) is 2.28. The standard InChI is InChI=1S/C12H15NO4/c1-3-17-7-11(14)13-10-5-4-8(2)6-9(10)12(15)16/h4-6H,3,7H2,1-2H3,(H,13,14)(H,15,16). The van der Waals surface area contributed by atoms with E-state index in [0.717, 1.165) is 5.56 Å². The van der Waals surface area contributed by atoms with E-state index in [0.29, 0.717) is 6.61 Å². The monoisotopic (exact) mass is 237 g/mol. The fraction of sp³-hybridized carbons (Fsp3) is 0.333. The van der Waals surface area contributed by atoms with E-state index in [1.165, 1.54) is 6.07 Å². The molecule has 0 saturated heterocycles. The predicted molar refractivity (Wildman–Crippen MR) is 63.3 cm³/mol. The van der Waals surface area contributed by atoms with Gasteiger partial charge < -0.3 is 15.2 Å². The van der Waals surface area contributed by atoms with Crippen LogP contribution in [-0.2, 0) is 9.53 Å². The van der Waals surface area contributed by atoms with Crippen LogP contribution in [0.15, 0.2) is 18.2 Å². The van der Waals surface area contributed by atoms with Crippen molar-refractivity contribution in [3.05, 3.63) is 29.3 Å². The zero-order valence-electron chi connectivity index (χ0n) is 9.82. The number of carboxylic acids is 1. The van der Waals surface area contributed by atoms with Gasteiger partial charge in [0.15, 0.2) is 0 Å². The molecule has 17 heavy (non-hydrogen) atoms. The fourth-order valence-electron chi connectivity index (χ4n) is 1.33. The van der Waals surface area contributed by atoms with Crippen molar-refractivity contribution in [2.24, 2.45) is 0 Å². The number of nitrogens with one attached hydrogen (secondary N) is 1. The lowest BCUT2D eigenvalue weighted by molar-refractivity contribution is -0.120. The van der Waals surface area contributed by atoms with Crippen LogP contribution in [-0.4, -0.2) is 30.2 Å². The highest BCUT2D eigenvalue weighted by atomic mass is 16.5. The molecule has 0 fully saturated rings. The molecule has 1 rings (SSSR count). The Balaban J connectivity index is 2.83. The molecule has 0 aliphatic rings. The van der Waals surface area contributed by atoms with E-state index < -0.39 is 5.97 Å². The SMILES string of the molecule is CCOCC(=O)Nc1ccc(C)cc1C(=O)O. The molecule has 1 aromatic rings. The number of rotatable bonds is 5. The van der Waals surface area contributed by atoms with E-state index in [2.05, 4.69) is 5.32 Å². The minimum atomic E-state index is -1.07. The van der Waals surface area contributed by atoms with Crippen LogP contribution in [0.5, 0.6) is 0 Å². The normalized spacial score (nSPS) is 10.0. The van der Waals surface area contributed by atoms with Crippen LogP contribution < -0.4 is 5.32 Å². The summed E-state index contributed by atoms with van der Waals surface area (Å²) >= 11 is 0. The third kappa shape index (κ3) is 3.88. The number of hydrogen-bond acceptors (Lipinski definition) is 3. The Labute approximate surface area is 99.4 Å². The highest BCUT2D eigenvalue weighted by molar-refractivity contribution is 6.01. The lowest BCUT2D eigenvalue weighted by Crippen LogP contribution is -2.20. The molecule has 0 aliphatic carbocycles. The second-order valence-corrected chi connectivity index (χ2v) is 3.54. The van der Waals surface area contributed by atoms with Crippen molar-refractivity contribution in [3.63, 3.8) is 0 Å². The fourth-order valence-corrected chi connectivity index (χ4v) is 1.33. The van der Waals surface area contributed by atoms with Gasteiger partial charge in [0.05, 0.1) is 11.3 Å². The van der Waals surface area contributed by atoms with E-state index in [4.69, 9.17) is 9.84 Å². The van der Waals surface area contributed by atoms with Crippen LogP contribution in [0.4, 0.5) is 5.69 Å². The molecular weight excluding hydrogens is 222 g/mol. The number of amides is 1. The summed E-state index contributed by atoms with van der Waals surface area (Å²) in [6, 6.07) is 4.82. The minimum absolute atomic E-state index is 0.0786. The van der Waals surface area contributed by atoms with Gasteiger partial charge in [-0.2, -0.15) is 0 Å². The summed E-state index contributed by atoms with van der Waals surface area (Å²) < 4.78 is 4.93. The first kappa shape index (κ1) is 13.2. The number of aryl methyl sites for hydroxylation is 1. The van der Waals surface area contributed by atoms with Gasteiger partial charge in [0, 0.05) is 6.61 Å². The minimum Gasteiger partial charge on any atom is -0.478 e. The molecule has 0 radical (unpaired) electrons. The van der Waals surface area contributed by atoms with Crippen molar-refractivity contribution in [1.82, 2.24) is 0 Å². The maximum absolute atomic E-state index is 11.4. The molecule has 0 heterocycles. The summed E-state index contributed by atoms with van der Waals surface area (Å²) in [7, 11) is 0. The number of anilines is 1. The van der Waals surface area contributed by atoms with Crippen LogP contribution in [0.25, 0.3) is 0 Å². The van der Waals surface area contributed by atoms with Crippen molar-refractivity contribution < 1.29 is 19.4 Å². The van der Waals surface area contributed by atoms with E-state index in [1.54, 1.807) is 26.0 Å². The van der Waals surface area contributed by atoms with Gasteiger partial charge in [-0.1, -0.05) is 11.6 Å². The van der Waals surface area contributed by atoms with Crippen LogP contribution in [0.1, 0.15) is 22.8 Å². The van der Waals surface area contributed by atoms with Gasteiger partial charge in [0.2, 0.25) is 5.91 Å². The molecule has 0 aliphatic heterocycles. The topological polar surface area (TPSA) is 75.6 Å². The quantitative estimate of drug-likeness (QED) is 0.816. The lowest BCUT2D eigenvalue weighted by atomic mass is 10.1. The second kappa shape index (κ2) is 6.00. The van der Waals surface area contributed by atoms with Crippen LogP contribution in [0.2, 0.25) is 0 Å². The summed E-state index contributed by atoms with van der Waals surface area (Å²) in [6.07, 6.45) is 0. The molecule has 0 aromatic heterocycles. The third-order valence-electron chi connectivity index (χ3n) is 2.12. The average molecular weight is 237 g/mol. The number of aromatic carboxylic acids is 1. The van der Waals surface area contributed by atoms with Gasteiger partial charge in [-0.05, 0) is 26.0 Å². The first-order valence-electron chi connectivity index (χ1n) is 5.26. The summed E-state index contributed by atoms with van der Waals surface area (Å²) in [5, 5.41) is 11.5. The van der Waals surface area contributed by atoms with Crippen molar-refractivity contribution in [2.45, 2.75) is 13.8 Å². The van der Waals surface area contributed by atoms with Gasteiger partial charge in [0.25, 0.3) is 0 Å². The number of benzene rings is 1. The predicted octanol–water partition coefficient (Wildman–Crippen LogP) is 1.67.